The molecule has 1 rings (SSSR count). The topological polar surface area (TPSA) is 58.6 Å². The van der Waals surface area contributed by atoms with Crippen LogP contribution in [0.15, 0.2) is 11.4 Å². The first-order valence-corrected chi connectivity index (χ1v) is 6.10. The van der Waals surface area contributed by atoms with E-state index in [1.807, 2.05) is 12.3 Å². The normalized spacial score (nSPS) is 12.2. The molecule has 0 spiro atoms. The van der Waals surface area contributed by atoms with E-state index < -0.39 is 0 Å². The maximum atomic E-state index is 11.8. The third kappa shape index (κ3) is 3.50. The Hall–Kier alpha value is -1.07. The van der Waals surface area contributed by atoms with E-state index in [0.29, 0.717) is 17.0 Å². The van der Waals surface area contributed by atoms with Crippen LogP contribution in [0.3, 0.4) is 0 Å². The minimum Gasteiger partial charge on any atom is -0.495 e. The highest BCUT2D eigenvalue weighted by molar-refractivity contribution is 7.12. The number of aliphatic hydroxyl groups is 1. The van der Waals surface area contributed by atoms with Crippen LogP contribution in [0.5, 0.6) is 5.75 Å². The van der Waals surface area contributed by atoms with Gasteiger partial charge in [-0.05, 0) is 31.2 Å². The Labute approximate surface area is 99.2 Å². The molecule has 2 N–H and O–H groups in total. The number of nitrogens with one attached hydrogen (secondary N) is 1. The molecule has 90 valence electrons. The van der Waals surface area contributed by atoms with Crippen LogP contribution in [-0.4, -0.2) is 30.8 Å². The van der Waals surface area contributed by atoms with Gasteiger partial charge in [0.1, 0.15) is 10.6 Å². The molecule has 1 amide bonds. The Balaban J connectivity index is 2.52. The molecule has 0 saturated heterocycles. The van der Waals surface area contributed by atoms with E-state index >= 15 is 0 Å². The van der Waals surface area contributed by atoms with Crippen LogP contribution in [0.4, 0.5) is 0 Å². The van der Waals surface area contributed by atoms with Crippen LogP contribution in [0.2, 0.25) is 0 Å². The molecule has 0 aliphatic heterocycles. The lowest BCUT2D eigenvalue weighted by Crippen LogP contribution is -2.32. The number of methoxy groups -OCH3 is 1. The zero-order valence-corrected chi connectivity index (χ0v) is 10.3. The van der Waals surface area contributed by atoms with Gasteiger partial charge in [-0.1, -0.05) is 0 Å². The highest BCUT2D eigenvalue weighted by Gasteiger charge is 2.15. The molecule has 1 unspecified atom stereocenters. The summed E-state index contributed by atoms with van der Waals surface area (Å²) in [5, 5.41) is 13.4. The lowest BCUT2D eigenvalue weighted by atomic mass is 10.2. The average molecular weight is 243 g/mol. The van der Waals surface area contributed by atoms with Crippen molar-refractivity contribution in [3.05, 3.63) is 16.3 Å². The number of carbonyl (C=O) groups is 1. The first-order valence-electron chi connectivity index (χ1n) is 5.22. The molecular formula is C11H17NO3S. The summed E-state index contributed by atoms with van der Waals surface area (Å²) >= 11 is 1.36. The fourth-order valence-electron chi connectivity index (χ4n) is 1.38. The van der Waals surface area contributed by atoms with Crippen LogP contribution in [-0.2, 0) is 0 Å². The van der Waals surface area contributed by atoms with Crippen molar-refractivity contribution in [1.29, 1.82) is 0 Å². The Bertz CT molecular complexity index is 338. The third-order valence-electron chi connectivity index (χ3n) is 2.23. The van der Waals surface area contributed by atoms with Gasteiger partial charge in [-0.25, -0.2) is 0 Å². The molecule has 1 aromatic rings. The number of thiophene rings is 1. The molecule has 1 atom stereocenters. The van der Waals surface area contributed by atoms with Gasteiger partial charge >= 0.3 is 0 Å². The van der Waals surface area contributed by atoms with Crippen molar-refractivity contribution in [2.24, 2.45) is 0 Å². The van der Waals surface area contributed by atoms with E-state index in [1.165, 1.54) is 11.3 Å². The van der Waals surface area contributed by atoms with Gasteiger partial charge < -0.3 is 15.2 Å². The summed E-state index contributed by atoms with van der Waals surface area (Å²) in [6.07, 6.45) is 1.47. The van der Waals surface area contributed by atoms with Crippen molar-refractivity contribution in [3.8, 4) is 5.75 Å². The Morgan fingerprint density at radius 3 is 3.06 bits per heavy atom. The van der Waals surface area contributed by atoms with E-state index in [9.17, 15) is 4.79 Å². The fourth-order valence-corrected chi connectivity index (χ4v) is 2.14. The van der Waals surface area contributed by atoms with Crippen molar-refractivity contribution in [2.75, 3.05) is 13.7 Å². The summed E-state index contributed by atoms with van der Waals surface area (Å²) in [4.78, 5) is 12.4. The predicted molar refractivity (Wildman–Crippen MR) is 64.1 cm³/mol. The van der Waals surface area contributed by atoms with Crippen molar-refractivity contribution in [2.45, 2.75) is 25.8 Å². The number of hydrogen-bond acceptors (Lipinski definition) is 4. The predicted octanol–water partition coefficient (Wildman–Crippen LogP) is 1.65. The molecular weight excluding hydrogens is 226 g/mol. The van der Waals surface area contributed by atoms with Crippen LogP contribution < -0.4 is 10.1 Å². The monoisotopic (exact) mass is 243 g/mol. The largest absolute Gasteiger partial charge is 0.495 e. The van der Waals surface area contributed by atoms with Crippen molar-refractivity contribution in [1.82, 2.24) is 5.32 Å². The summed E-state index contributed by atoms with van der Waals surface area (Å²) in [5.41, 5.74) is 0. The van der Waals surface area contributed by atoms with Gasteiger partial charge in [-0.15, -0.1) is 11.3 Å². The standard InChI is InChI=1S/C11H17NO3S/c1-8(4-3-6-13)12-11(14)10-9(15-2)5-7-16-10/h5,7-8,13H,3-4,6H2,1-2H3,(H,12,14). The number of aliphatic hydroxyl groups excluding tert-OH is 1. The van der Waals surface area contributed by atoms with E-state index in [-0.39, 0.29) is 18.6 Å². The second-order valence-electron chi connectivity index (χ2n) is 3.56. The molecule has 0 radical (unpaired) electrons. The van der Waals surface area contributed by atoms with Gasteiger partial charge in [0.15, 0.2) is 0 Å². The van der Waals surface area contributed by atoms with Crippen molar-refractivity contribution < 1.29 is 14.6 Å². The van der Waals surface area contributed by atoms with E-state index in [0.717, 1.165) is 6.42 Å². The summed E-state index contributed by atoms with van der Waals surface area (Å²) in [6, 6.07) is 1.84. The number of hydrogen-bond donors (Lipinski definition) is 2. The van der Waals surface area contributed by atoms with Crippen molar-refractivity contribution >= 4 is 17.2 Å². The molecule has 1 aromatic heterocycles. The summed E-state index contributed by atoms with van der Waals surface area (Å²) in [7, 11) is 1.55. The summed E-state index contributed by atoms with van der Waals surface area (Å²) in [5.74, 6) is 0.495. The summed E-state index contributed by atoms with van der Waals surface area (Å²) in [6.45, 7) is 2.08. The molecule has 1 heterocycles. The first-order chi connectivity index (χ1) is 7.69. The number of carbonyl (C=O) groups excluding carboxylic acids is 1. The Morgan fingerprint density at radius 2 is 2.44 bits per heavy atom. The molecule has 0 bridgehead atoms. The zero-order valence-electron chi connectivity index (χ0n) is 9.53. The molecule has 0 fully saturated rings. The van der Waals surface area contributed by atoms with Gasteiger partial charge in [0, 0.05) is 12.6 Å². The maximum absolute atomic E-state index is 11.8. The van der Waals surface area contributed by atoms with E-state index in [1.54, 1.807) is 13.2 Å². The van der Waals surface area contributed by atoms with E-state index in [4.69, 9.17) is 9.84 Å². The molecule has 5 heteroatoms. The second-order valence-corrected chi connectivity index (χ2v) is 4.47. The Morgan fingerprint density at radius 1 is 1.69 bits per heavy atom. The van der Waals surface area contributed by atoms with E-state index in [2.05, 4.69) is 5.32 Å². The number of rotatable bonds is 6. The highest BCUT2D eigenvalue weighted by atomic mass is 32.1. The number of ether oxygens (including phenoxy) is 1. The van der Waals surface area contributed by atoms with Crippen LogP contribution in [0, 0.1) is 0 Å². The van der Waals surface area contributed by atoms with Gasteiger partial charge in [0.2, 0.25) is 0 Å². The SMILES string of the molecule is COc1ccsc1C(=O)NC(C)CCCO. The van der Waals surface area contributed by atoms with Gasteiger partial charge in [0.05, 0.1) is 7.11 Å². The van der Waals surface area contributed by atoms with Gasteiger partial charge in [-0.3, -0.25) is 4.79 Å². The van der Waals surface area contributed by atoms with Crippen LogP contribution >= 0.6 is 11.3 Å². The molecule has 16 heavy (non-hydrogen) atoms. The molecule has 4 nitrogen and oxygen atoms in total. The smallest absolute Gasteiger partial charge is 0.265 e. The molecule has 0 aliphatic carbocycles. The third-order valence-corrected chi connectivity index (χ3v) is 3.12. The molecule has 0 aliphatic rings. The van der Waals surface area contributed by atoms with Crippen LogP contribution in [0.1, 0.15) is 29.4 Å². The Kier molecular flexibility index (Phi) is 5.28. The maximum Gasteiger partial charge on any atom is 0.265 e. The lowest BCUT2D eigenvalue weighted by molar-refractivity contribution is 0.0938. The molecule has 0 aromatic carbocycles. The quantitative estimate of drug-likeness (QED) is 0.798. The zero-order chi connectivity index (χ0) is 12.0. The second kappa shape index (κ2) is 6.50. The molecule has 0 saturated carbocycles. The first kappa shape index (κ1) is 13.0. The minimum atomic E-state index is -0.114. The minimum absolute atomic E-state index is 0.0615. The fraction of sp³-hybridized carbons (Fsp3) is 0.545. The van der Waals surface area contributed by atoms with Crippen molar-refractivity contribution in [3.63, 3.8) is 0 Å². The van der Waals surface area contributed by atoms with Gasteiger partial charge in [-0.2, -0.15) is 0 Å². The van der Waals surface area contributed by atoms with Gasteiger partial charge in [0.25, 0.3) is 5.91 Å². The van der Waals surface area contributed by atoms with Crippen LogP contribution in [0.25, 0.3) is 0 Å². The number of amides is 1. The lowest BCUT2D eigenvalue weighted by Gasteiger charge is -2.12. The summed E-state index contributed by atoms with van der Waals surface area (Å²) < 4.78 is 5.08. The average Bonchev–Trinajstić information content (AvgIpc) is 2.74. The highest BCUT2D eigenvalue weighted by Crippen LogP contribution is 2.24.